The average molecular weight is 1350 g/mol. The summed E-state index contributed by atoms with van der Waals surface area (Å²) in [5, 5.41) is 0. The van der Waals surface area contributed by atoms with Gasteiger partial charge in [-0.2, -0.15) is 0 Å². The Labute approximate surface area is 606 Å². The molecule has 1 atom stereocenters. The van der Waals surface area contributed by atoms with Crippen LogP contribution in [0.25, 0.3) is 0 Å². The molecule has 0 heterocycles. The fraction of sp³-hybridized carbons (Fsp3) is 0.978. The lowest BCUT2D eigenvalue weighted by Crippen LogP contribution is -2.47. The Morgan fingerprint density at radius 2 is 0.333 bits per heavy atom. The normalized spacial score (nSPS) is 12.2. The largest absolute Gasteiger partial charge is 0.465 e. The lowest BCUT2D eigenvalue weighted by Gasteiger charge is -2.35. The van der Waals surface area contributed by atoms with Crippen LogP contribution in [0.15, 0.2) is 0 Å². The van der Waals surface area contributed by atoms with Crippen LogP contribution in [0.1, 0.15) is 555 Å². The molecule has 0 saturated heterocycles. The zero-order chi connectivity index (χ0) is 69.3. The predicted octanol–water partition coefficient (Wildman–Crippen LogP) is 33.4. The zero-order valence-electron chi connectivity index (χ0n) is 67.4. The summed E-state index contributed by atoms with van der Waals surface area (Å²) in [6.07, 6.45) is 109. The van der Waals surface area contributed by atoms with Crippen molar-refractivity contribution < 1.29 is 19.1 Å². The van der Waals surface area contributed by atoms with E-state index < -0.39 is 5.41 Å². The van der Waals surface area contributed by atoms with Crippen molar-refractivity contribution in [2.45, 2.75) is 555 Å². The number of hydrogen-bond donors (Lipinski definition) is 0. The van der Waals surface area contributed by atoms with E-state index in [9.17, 15) is 9.59 Å². The Kier molecular flexibility index (Phi) is 82.0. The van der Waals surface area contributed by atoms with E-state index in [0.29, 0.717) is 19.6 Å². The van der Waals surface area contributed by atoms with E-state index >= 15 is 0 Å². The van der Waals surface area contributed by atoms with Crippen LogP contribution < -0.4 is 0 Å². The van der Waals surface area contributed by atoms with E-state index in [0.717, 1.165) is 51.4 Å². The number of rotatable bonds is 86. The molecule has 4 nitrogen and oxygen atoms in total. The minimum Gasteiger partial charge on any atom is -0.465 e. The van der Waals surface area contributed by atoms with E-state index in [4.69, 9.17) is 9.47 Å². The topological polar surface area (TPSA) is 52.6 Å². The Hall–Kier alpha value is -1.06. The van der Waals surface area contributed by atoms with Gasteiger partial charge in [-0.1, -0.05) is 529 Å². The van der Waals surface area contributed by atoms with Gasteiger partial charge >= 0.3 is 11.9 Å². The van der Waals surface area contributed by atoms with Crippen molar-refractivity contribution in [3.63, 3.8) is 0 Å². The van der Waals surface area contributed by atoms with E-state index in [2.05, 4.69) is 34.6 Å². The number of hydrogen-bond acceptors (Lipinski definition) is 4. The second-order valence-corrected chi connectivity index (χ2v) is 32.2. The Morgan fingerprint density at radius 1 is 0.198 bits per heavy atom. The summed E-state index contributed by atoms with van der Waals surface area (Å²) >= 11 is 0. The molecule has 4 heteroatoms. The average Bonchev–Trinajstić information content (AvgIpc) is 0.814. The van der Waals surface area contributed by atoms with Crippen LogP contribution in [0, 0.1) is 11.3 Å². The molecule has 0 spiro atoms. The first kappa shape index (κ1) is 94.9. The molecule has 1 unspecified atom stereocenters. The van der Waals surface area contributed by atoms with Crippen LogP contribution in [0.3, 0.4) is 0 Å². The summed E-state index contributed by atoms with van der Waals surface area (Å²) < 4.78 is 12.7. The second-order valence-electron chi connectivity index (χ2n) is 32.2. The van der Waals surface area contributed by atoms with Gasteiger partial charge in [0.1, 0.15) is 0 Å². The highest BCUT2D eigenvalue weighted by molar-refractivity contribution is 6.00. The number of unbranched alkanes of at least 4 members (excludes halogenated alkanes) is 75. The van der Waals surface area contributed by atoms with Crippen LogP contribution >= 0.6 is 0 Å². The number of esters is 2. The molecular weight excluding hydrogens is 1170 g/mol. The second kappa shape index (κ2) is 82.9. The Morgan fingerprint density at radius 3 is 0.500 bits per heavy atom. The zero-order valence-corrected chi connectivity index (χ0v) is 67.4. The SMILES string of the molecule is CCCCCCCCCCCCCCCCCCCCCCOC(=O)C(CCCCCCCCCCCCCCCCCCCCCC)(C(=O)OCCCCCCCCCCCCCCCCCCCCCC)C(C)CCCCCCCCCCCCCCCCCCCCC. The minimum atomic E-state index is -1.20. The van der Waals surface area contributed by atoms with E-state index in [1.807, 2.05) is 0 Å². The van der Waals surface area contributed by atoms with Gasteiger partial charge in [-0.15, -0.1) is 0 Å². The summed E-state index contributed by atoms with van der Waals surface area (Å²) in [6, 6.07) is 0. The lowest BCUT2D eigenvalue weighted by atomic mass is 9.70. The van der Waals surface area contributed by atoms with Crippen molar-refractivity contribution in [2.75, 3.05) is 13.2 Å². The van der Waals surface area contributed by atoms with Crippen molar-refractivity contribution in [1.29, 1.82) is 0 Å². The molecule has 0 amide bonds. The molecule has 0 fully saturated rings. The number of carbonyl (C=O) groups is 2. The maximum atomic E-state index is 14.9. The minimum absolute atomic E-state index is 0.0894. The van der Waals surface area contributed by atoms with Crippen molar-refractivity contribution in [2.24, 2.45) is 11.3 Å². The highest BCUT2D eigenvalue weighted by atomic mass is 16.6. The first-order valence-corrected chi connectivity index (χ1v) is 45.9. The number of carbonyl (C=O) groups excluding carboxylic acids is 2. The third-order valence-corrected chi connectivity index (χ3v) is 22.7. The number of ether oxygens (including phenoxy) is 2. The van der Waals surface area contributed by atoms with Crippen LogP contribution in [-0.4, -0.2) is 25.2 Å². The van der Waals surface area contributed by atoms with Crippen molar-refractivity contribution in [3.8, 4) is 0 Å². The maximum absolute atomic E-state index is 14.9. The quantitative estimate of drug-likeness (QED) is 0.0346. The summed E-state index contributed by atoms with van der Waals surface area (Å²) in [4.78, 5) is 29.8. The molecule has 0 aliphatic rings. The molecule has 0 aromatic heterocycles. The Balaban J connectivity index is 5.31. The summed E-state index contributed by atoms with van der Waals surface area (Å²) in [5.74, 6) is -0.623. The fourth-order valence-electron chi connectivity index (χ4n) is 15.7. The monoisotopic (exact) mass is 1350 g/mol. The first-order valence-electron chi connectivity index (χ1n) is 45.9. The van der Waals surface area contributed by atoms with Gasteiger partial charge in [0.25, 0.3) is 0 Å². The third kappa shape index (κ3) is 68.7. The first-order chi connectivity index (χ1) is 47.5. The van der Waals surface area contributed by atoms with Crippen molar-refractivity contribution >= 4 is 11.9 Å². The molecule has 0 aromatic carbocycles. The highest BCUT2D eigenvalue weighted by Crippen LogP contribution is 2.41. The molecule has 0 aliphatic carbocycles. The molecule has 96 heavy (non-hydrogen) atoms. The van der Waals surface area contributed by atoms with Crippen LogP contribution in [0.2, 0.25) is 0 Å². The van der Waals surface area contributed by atoms with Gasteiger partial charge in [0, 0.05) is 0 Å². The fourth-order valence-corrected chi connectivity index (χ4v) is 15.7. The maximum Gasteiger partial charge on any atom is 0.323 e. The van der Waals surface area contributed by atoms with Gasteiger partial charge in [0.2, 0.25) is 0 Å². The predicted molar refractivity (Wildman–Crippen MR) is 430 cm³/mol. The van der Waals surface area contributed by atoms with Crippen molar-refractivity contribution in [3.05, 3.63) is 0 Å². The van der Waals surface area contributed by atoms with Gasteiger partial charge in [0.05, 0.1) is 13.2 Å². The van der Waals surface area contributed by atoms with E-state index in [1.54, 1.807) is 0 Å². The van der Waals surface area contributed by atoms with E-state index in [-0.39, 0.29) is 17.9 Å². The van der Waals surface area contributed by atoms with Gasteiger partial charge in [-0.05, 0) is 31.6 Å². The Bertz CT molecular complexity index is 1380. The van der Waals surface area contributed by atoms with Gasteiger partial charge in [0.15, 0.2) is 5.41 Å². The highest BCUT2D eigenvalue weighted by Gasteiger charge is 2.52. The molecule has 0 rings (SSSR count). The lowest BCUT2D eigenvalue weighted by molar-refractivity contribution is -0.178. The van der Waals surface area contributed by atoms with Crippen LogP contribution in [0.5, 0.6) is 0 Å². The molecule has 0 saturated carbocycles. The van der Waals surface area contributed by atoms with Crippen molar-refractivity contribution in [1.82, 2.24) is 0 Å². The molecular formula is C92H182O4. The smallest absolute Gasteiger partial charge is 0.323 e. The molecule has 0 aliphatic heterocycles. The van der Waals surface area contributed by atoms with Gasteiger partial charge in [-0.3, -0.25) is 9.59 Å². The standard InChI is InChI=1S/C92H182O4/c1-6-10-14-18-22-26-30-34-38-42-46-50-54-58-62-66-70-74-78-82-86-92(89(5)85-81-77-73-69-65-61-57-53-49-45-41-37-33-29-25-21-17-13-9-4,90(93)95-87-83-79-75-71-67-63-59-55-51-47-43-39-35-31-27-23-19-15-11-7-2)91(94)96-88-84-80-76-72-68-64-60-56-52-48-44-40-36-32-28-24-20-16-12-8-3/h89H,6-88H2,1-5H3. The van der Waals surface area contributed by atoms with Crippen LogP contribution in [0.4, 0.5) is 0 Å². The molecule has 574 valence electrons. The molecule has 0 radical (unpaired) electrons. The molecule has 0 N–H and O–H groups in total. The van der Waals surface area contributed by atoms with Gasteiger partial charge in [-0.25, -0.2) is 0 Å². The molecule has 0 bridgehead atoms. The van der Waals surface area contributed by atoms with Gasteiger partial charge < -0.3 is 9.47 Å². The third-order valence-electron chi connectivity index (χ3n) is 22.7. The molecule has 0 aromatic rings. The summed E-state index contributed by atoms with van der Waals surface area (Å²) in [7, 11) is 0. The van der Waals surface area contributed by atoms with E-state index in [1.165, 1.54) is 462 Å². The summed E-state index contributed by atoms with van der Waals surface area (Å²) in [6.45, 7) is 12.3. The van der Waals surface area contributed by atoms with Crippen LogP contribution in [-0.2, 0) is 19.1 Å². The summed E-state index contributed by atoms with van der Waals surface area (Å²) in [5.41, 5.74) is -1.20.